The molecule has 0 spiro atoms. The van der Waals surface area contributed by atoms with Gasteiger partial charge in [-0.25, -0.2) is 8.42 Å². The fraction of sp³-hybridized carbons (Fsp3) is 0.533. The minimum atomic E-state index is -3.28. The molecule has 5 nitrogen and oxygen atoms in total. The summed E-state index contributed by atoms with van der Waals surface area (Å²) in [6.45, 7) is 0.324. The van der Waals surface area contributed by atoms with Crippen molar-refractivity contribution in [2.24, 2.45) is 11.1 Å². The predicted octanol–water partition coefficient (Wildman–Crippen LogP) is 1.94. The zero-order valence-corrected chi connectivity index (χ0v) is 13.1. The van der Waals surface area contributed by atoms with Gasteiger partial charge in [0.2, 0.25) is 5.91 Å². The molecule has 1 saturated carbocycles. The monoisotopic (exact) mass is 310 g/mol. The Labute approximate surface area is 125 Å². The second-order valence-electron chi connectivity index (χ2n) is 5.80. The molecule has 1 aliphatic carbocycles. The van der Waals surface area contributed by atoms with Crippen molar-refractivity contribution in [1.82, 2.24) is 0 Å². The molecule has 0 aliphatic heterocycles. The summed E-state index contributed by atoms with van der Waals surface area (Å²) in [5, 5.41) is 2.83. The minimum absolute atomic E-state index is 0.102. The number of benzene rings is 1. The van der Waals surface area contributed by atoms with E-state index in [1.165, 1.54) is 12.1 Å². The number of nitrogens with two attached hydrogens (primary N) is 1. The number of rotatable bonds is 4. The van der Waals surface area contributed by atoms with Crippen LogP contribution in [0.4, 0.5) is 5.69 Å². The number of nitrogens with one attached hydrogen (secondary N) is 1. The predicted molar refractivity (Wildman–Crippen MR) is 82.8 cm³/mol. The molecule has 0 atom stereocenters. The normalized spacial score (nSPS) is 18.2. The Morgan fingerprint density at radius 3 is 2.52 bits per heavy atom. The first kappa shape index (κ1) is 16.0. The van der Waals surface area contributed by atoms with Crippen LogP contribution in [0.2, 0.25) is 0 Å². The van der Waals surface area contributed by atoms with Crippen LogP contribution in [0, 0.1) is 5.41 Å². The van der Waals surface area contributed by atoms with E-state index in [1.807, 2.05) is 0 Å². The van der Waals surface area contributed by atoms with Gasteiger partial charge in [-0.05, 0) is 31.0 Å². The maximum atomic E-state index is 12.5. The van der Waals surface area contributed by atoms with E-state index >= 15 is 0 Å². The number of hydrogen-bond donors (Lipinski definition) is 2. The van der Waals surface area contributed by atoms with Crippen molar-refractivity contribution >= 4 is 21.4 Å². The van der Waals surface area contributed by atoms with E-state index in [4.69, 9.17) is 5.73 Å². The van der Waals surface area contributed by atoms with Crippen LogP contribution < -0.4 is 11.1 Å². The van der Waals surface area contributed by atoms with Crippen LogP contribution in [0.15, 0.2) is 29.2 Å². The number of anilines is 1. The molecule has 6 heteroatoms. The SMILES string of the molecule is CS(=O)(=O)c1cccc(NC(=O)C2(CN)CCCCC2)c1. The minimum Gasteiger partial charge on any atom is -0.329 e. The van der Waals surface area contributed by atoms with Crippen LogP contribution in [0.3, 0.4) is 0 Å². The van der Waals surface area contributed by atoms with E-state index in [1.54, 1.807) is 12.1 Å². The van der Waals surface area contributed by atoms with Crippen molar-refractivity contribution in [3.63, 3.8) is 0 Å². The van der Waals surface area contributed by atoms with Gasteiger partial charge < -0.3 is 11.1 Å². The molecule has 0 saturated heterocycles. The van der Waals surface area contributed by atoms with Gasteiger partial charge in [0.1, 0.15) is 0 Å². The fourth-order valence-electron chi connectivity index (χ4n) is 2.82. The van der Waals surface area contributed by atoms with Crippen molar-refractivity contribution in [2.75, 3.05) is 18.1 Å². The molecule has 0 bridgehead atoms. The third-order valence-electron chi connectivity index (χ3n) is 4.20. The quantitative estimate of drug-likeness (QED) is 0.889. The standard InChI is InChI=1S/C15H22N2O3S/c1-21(19,20)13-7-5-6-12(10-13)17-14(18)15(11-16)8-3-2-4-9-15/h5-7,10H,2-4,8-9,11,16H2,1H3,(H,17,18). The molecular formula is C15H22N2O3S. The Morgan fingerprint density at radius 2 is 1.95 bits per heavy atom. The summed E-state index contributed by atoms with van der Waals surface area (Å²) in [5.41, 5.74) is 5.82. The molecule has 116 valence electrons. The molecule has 0 heterocycles. The lowest BCUT2D eigenvalue weighted by Crippen LogP contribution is -2.43. The molecule has 21 heavy (non-hydrogen) atoms. The number of carbonyl (C=O) groups is 1. The van der Waals surface area contributed by atoms with Crippen molar-refractivity contribution in [3.8, 4) is 0 Å². The molecule has 0 unspecified atom stereocenters. The highest BCUT2D eigenvalue weighted by Gasteiger charge is 2.38. The summed E-state index contributed by atoms with van der Waals surface area (Å²) in [6, 6.07) is 6.33. The molecule has 1 fully saturated rings. The average Bonchev–Trinajstić information content (AvgIpc) is 2.47. The largest absolute Gasteiger partial charge is 0.329 e. The van der Waals surface area contributed by atoms with E-state index in [2.05, 4.69) is 5.32 Å². The molecule has 0 aromatic heterocycles. The van der Waals surface area contributed by atoms with Gasteiger partial charge in [0.25, 0.3) is 0 Å². The number of carbonyl (C=O) groups excluding carboxylic acids is 1. The van der Waals surface area contributed by atoms with Crippen molar-refractivity contribution in [2.45, 2.75) is 37.0 Å². The van der Waals surface area contributed by atoms with Crippen molar-refractivity contribution < 1.29 is 13.2 Å². The molecule has 3 N–H and O–H groups in total. The first-order chi connectivity index (χ1) is 9.87. The first-order valence-electron chi connectivity index (χ1n) is 7.19. The van der Waals surface area contributed by atoms with Gasteiger partial charge in [-0.1, -0.05) is 25.3 Å². The Bertz CT molecular complexity index is 620. The Balaban J connectivity index is 2.19. The highest BCUT2D eigenvalue weighted by atomic mass is 32.2. The van der Waals surface area contributed by atoms with Crippen LogP contribution in [-0.4, -0.2) is 27.1 Å². The van der Waals surface area contributed by atoms with Gasteiger partial charge in [-0.2, -0.15) is 0 Å². The van der Waals surface area contributed by atoms with E-state index in [9.17, 15) is 13.2 Å². The van der Waals surface area contributed by atoms with E-state index in [0.29, 0.717) is 12.2 Å². The fourth-order valence-corrected chi connectivity index (χ4v) is 3.49. The number of hydrogen-bond acceptors (Lipinski definition) is 4. The van der Waals surface area contributed by atoms with Crippen LogP contribution in [0.1, 0.15) is 32.1 Å². The zero-order chi connectivity index (χ0) is 15.5. The first-order valence-corrected chi connectivity index (χ1v) is 9.08. The van der Waals surface area contributed by atoms with Crippen LogP contribution in [0.5, 0.6) is 0 Å². The van der Waals surface area contributed by atoms with Crippen molar-refractivity contribution in [3.05, 3.63) is 24.3 Å². The van der Waals surface area contributed by atoms with Gasteiger partial charge in [-0.3, -0.25) is 4.79 Å². The number of amides is 1. The summed E-state index contributed by atoms with van der Waals surface area (Å²) >= 11 is 0. The lowest BCUT2D eigenvalue weighted by molar-refractivity contribution is -0.126. The summed E-state index contributed by atoms with van der Waals surface area (Å²) in [6.07, 6.45) is 5.89. The Kier molecular flexibility index (Phi) is 4.68. The highest BCUT2D eigenvalue weighted by Crippen LogP contribution is 2.36. The van der Waals surface area contributed by atoms with Crippen LogP contribution in [0.25, 0.3) is 0 Å². The van der Waals surface area contributed by atoms with Gasteiger partial charge in [0.05, 0.1) is 10.3 Å². The average molecular weight is 310 g/mol. The number of sulfone groups is 1. The maximum Gasteiger partial charge on any atom is 0.231 e. The van der Waals surface area contributed by atoms with Gasteiger partial charge in [0.15, 0.2) is 9.84 Å². The molecule has 0 radical (unpaired) electrons. The topological polar surface area (TPSA) is 89.3 Å². The summed E-state index contributed by atoms with van der Waals surface area (Å²) < 4.78 is 23.1. The lowest BCUT2D eigenvalue weighted by atomic mass is 9.73. The Morgan fingerprint density at radius 1 is 1.29 bits per heavy atom. The van der Waals surface area contributed by atoms with E-state index in [-0.39, 0.29) is 10.8 Å². The summed E-state index contributed by atoms with van der Waals surface area (Å²) in [4.78, 5) is 12.7. The van der Waals surface area contributed by atoms with E-state index in [0.717, 1.165) is 38.4 Å². The zero-order valence-electron chi connectivity index (χ0n) is 12.3. The lowest BCUT2D eigenvalue weighted by Gasteiger charge is -2.34. The molecular weight excluding hydrogens is 288 g/mol. The van der Waals surface area contributed by atoms with E-state index < -0.39 is 15.3 Å². The molecule has 1 aromatic carbocycles. The van der Waals surface area contributed by atoms with Gasteiger partial charge in [-0.15, -0.1) is 0 Å². The molecule has 1 amide bonds. The maximum absolute atomic E-state index is 12.5. The van der Waals surface area contributed by atoms with Gasteiger partial charge >= 0.3 is 0 Å². The Hall–Kier alpha value is -1.40. The molecule has 1 aromatic rings. The van der Waals surface area contributed by atoms with Crippen LogP contribution >= 0.6 is 0 Å². The van der Waals surface area contributed by atoms with Crippen LogP contribution in [-0.2, 0) is 14.6 Å². The third-order valence-corrected chi connectivity index (χ3v) is 5.31. The van der Waals surface area contributed by atoms with Crippen molar-refractivity contribution in [1.29, 1.82) is 0 Å². The highest BCUT2D eigenvalue weighted by molar-refractivity contribution is 7.90. The summed E-state index contributed by atoms with van der Waals surface area (Å²) in [7, 11) is -3.28. The molecule has 2 rings (SSSR count). The second-order valence-corrected chi connectivity index (χ2v) is 7.81. The molecule has 1 aliphatic rings. The van der Waals surface area contributed by atoms with Gasteiger partial charge in [0, 0.05) is 18.5 Å². The third kappa shape index (κ3) is 3.63. The smallest absolute Gasteiger partial charge is 0.231 e. The summed E-state index contributed by atoms with van der Waals surface area (Å²) in [5.74, 6) is -0.102. The second kappa shape index (κ2) is 6.15.